The van der Waals surface area contributed by atoms with Crippen molar-refractivity contribution >= 4 is 11.6 Å². The predicted molar refractivity (Wildman–Crippen MR) is 97.6 cm³/mol. The van der Waals surface area contributed by atoms with Crippen LogP contribution < -0.4 is 15.6 Å². The molecule has 0 aliphatic rings. The number of nitrogens with one attached hydrogen (secondary N) is 1. The third-order valence-electron chi connectivity index (χ3n) is 3.93. The van der Waals surface area contributed by atoms with E-state index in [9.17, 15) is 9.59 Å². The Morgan fingerprint density at radius 3 is 2.62 bits per heavy atom. The number of hydrogen-bond donors (Lipinski definition) is 1. The van der Waals surface area contributed by atoms with Crippen LogP contribution >= 0.6 is 0 Å². The molecular formula is C19H19N3O4. The van der Waals surface area contributed by atoms with Gasteiger partial charge in [-0.3, -0.25) is 9.59 Å². The molecule has 0 unspecified atom stereocenters. The van der Waals surface area contributed by atoms with E-state index in [1.54, 1.807) is 38.4 Å². The summed E-state index contributed by atoms with van der Waals surface area (Å²) in [6.07, 6.45) is 1.60. The molecular weight excluding hydrogens is 334 g/mol. The van der Waals surface area contributed by atoms with Crippen molar-refractivity contribution in [1.29, 1.82) is 0 Å². The zero-order valence-electron chi connectivity index (χ0n) is 14.8. The summed E-state index contributed by atoms with van der Waals surface area (Å²) in [6, 6.07) is 10.2. The van der Waals surface area contributed by atoms with E-state index in [4.69, 9.17) is 9.15 Å². The zero-order chi connectivity index (χ0) is 18.7. The van der Waals surface area contributed by atoms with Gasteiger partial charge in [0.05, 0.1) is 12.8 Å². The second kappa shape index (κ2) is 7.26. The summed E-state index contributed by atoms with van der Waals surface area (Å²) >= 11 is 0. The van der Waals surface area contributed by atoms with E-state index < -0.39 is 5.91 Å². The van der Waals surface area contributed by atoms with Gasteiger partial charge in [-0.2, -0.15) is 0 Å². The Bertz CT molecular complexity index is 987. The number of carbonyl (C=O) groups is 1. The summed E-state index contributed by atoms with van der Waals surface area (Å²) in [6.45, 7) is 4.06. The van der Waals surface area contributed by atoms with Crippen molar-refractivity contribution in [2.45, 2.75) is 20.4 Å². The Hall–Kier alpha value is -3.35. The summed E-state index contributed by atoms with van der Waals surface area (Å²) in [5.41, 5.74) is 1.34. The highest BCUT2D eigenvalue weighted by Crippen LogP contribution is 2.24. The average Bonchev–Trinajstić information content (AvgIpc) is 3.05. The van der Waals surface area contributed by atoms with Crippen LogP contribution in [-0.2, 0) is 6.54 Å². The lowest BCUT2D eigenvalue weighted by Gasteiger charge is -2.06. The van der Waals surface area contributed by atoms with Crippen LogP contribution in [-0.4, -0.2) is 22.6 Å². The Morgan fingerprint density at radius 1 is 1.23 bits per heavy atom. The molecule has 7 heteroatoms. The fourth-order valence-corrected chi connectivity index (χ4v) is 2.51. The lowest BCUT2D eigenvalue weighted by Crippen LogP contribution is -2.20. The van der Waals surface area contributed by atoms with Gasteiger partial charge in [-0.05, 0) is 44.2 Å². The molecule has 26 heavy (non-hydrogen) atoms. The molecule has 7 nitrogen and oxygen atoms in total. The maximum atomic E-state index is 12.5. The minimum Gasteiger partial charge on any atom is -0.497 e. The average molecular weight is 353 g/mol. The number of methoxy groups -OCH3 is 1. The normalized spacial score (nSPS) is 10.6. The van der Waals surface area contributed by atoms with Crippen molar-refractivity contribution in [2.24, 2.45) is 0 Å². The lowest BCUT2D eigenvalue weighted by atomic mass is 10.2. The number of aromatic nitrogens is 2. The number of oxazole rings is 1. The van der Waals surface area contributed by atoms with Crippen LogP contribution in [0.15, 0.2) is 51.8 Å². The highest BCUT2D eigenvalue weighted by Gasteiger charge is 2.18. The van der Waals surface area contributed by atoms with Crippen LogP contribution in [0.4, 0.5) is 5.69 Å². The second-order valence-electron chi connectivity index (χ2n) is 5.65. The molecule has 0 saturated carbocycles. The highest BCUT2D eigenvalue weighted by molar-refractivity contribution is 6.03. The molecule has 1 amide bonds. The van der Waals surface area contributed by atoms with Crippen molar-refractivity contribution in [2.75, 3.05) is 12.4 Å². The summed E-state index contributed by atoms with van der Waals surface area (Å²) in [7, 11) is 1.59. The van der Waals surface area contributed by atoms with Gasteiger partial charge in [-0.25, -0.2) is 4.98 Å². The SMILES string of the molecule is CCn1cc(NC(=O)c2nc(-c3ccc(OC)cc3)oc2C)ccc1=O. The molecule has 1 aromatic carbocycles. The van der Waals surface area contributed by atoms with Crippen molar-refractivity contribution < 1.29 is 13.9 Å². The third kappa shape index (κ3) is 3.51. The van der Waals surface area contributed by atoms with Gasteiger partial charge in [0.15, 0.2) is 5.69 Å². The standard InChI is InChI=1S/C19H19N3O4/c1-4-22-11-14(7-10-16(22)23)20-18(24)17-12(2)26-19(21-17)13-5-8-15(25-3)9-6-13/h5-11H,4H2,1-3H3,(H,20,24). The fraction of sp³-hybridized carbons (Fsp3) is 0.211. The second-order valence-corrected chi connectivity index (χ2v) is 5.65. The first kappa shape index (κ1) is 17.5. The molecule has 0 aliphatic heterocycles. The minimum atomic E-state index is -0.396. The molecule has 0 atom stereocenters. The quantitative estimate of drug-likeness (QED) is 0.762. The Kier molecular flexibility index (Phi) is 4.88. The van der Waals surface area contributed by atoms with Gasteiger partial charge < -0.3 is 19.0 Å². The summed E-state index contributed by atoms with van der Waals surface area (Å²) < 4.78 is 12.3. The van der Waals surface area contributed by atoms with E-state index in [0.29, 0.717) is 23.9 Å². The molecule has 0 fully saturated rings. The van der Waals surface area contributed by atoms with E-state index in [1.807, 2.05) is 19.1 Å². The number of rotatable bonds is 5. The molecule has 2 aromatic heterocycles. The van der Waals surface area contributed by atoms with Crippen LogP contribution in [0.25, 0.3) is 11.5 Å². The van der Waals surface area contributed by atoms with E-state index in [2.05, 4.69) is 10.3 Å². The van der Waals surface area contributed by atoms with Gasteiger partial charge in [0, 0.05) is 24.4 Å². The van der Waals surface area contributed by atoms with Crippen molar-refractivity contribution in [3.63, 3.8) is 0 Å². The number of pyridine rings is 1. The molecule has 3 aromatic rings. The first-order chi connectivity index (χ1) is 12.5. The van der Waals surface area contributed by atoms with Crippen LogP contribution in [0.1, 0.15) is 23.2 Å². The minimum absolute atomic E-state index is 0.120. The van der Waals surface area contributed by atoms with Gasteiger partial charge in [-0.1, -0.05) is 0 Å². The number of amides is 1. The first-order valence-electron chi connectivity index (χ1n) is 8.15. The molecule has 2 heterocycles. The molecule has 0 spiro atoms. The van der Waals surface area contributed by atoms with Crippen LogP contribution in [0.2, 0.25) is 0 Å². The number of carbonyl (C=O) groups excluding carboxylic acids is 1. The van der Waals surface area contributed by atoms with Crippen LogP contribution in [0.3, 0.4) is 0 Å². The van der Waals surface area contributed by atoms with Crippen LogP contribution in [0.5, 0.6) is 5.75 Å². The lowest BCUT2D eigenvalue weighted by molar-refractivity contribution is 0.102. The molecule has 3 rings (SSSR count). The number of hydrogen-bond acceptors (Lipinski definition) is 5. The monoisotopic (exact) mass is 353 g/mol. The maximum Gasteiger partial charge on any atom is 0.277 e. The largest absolute Gasteiger partial charge is 0.497 e. The van der Waals surface area contributed by atoms with Gasteiger partial charge >= 0.3 is 0 Å². The predicted octanol–water partition coefficient (Wildman–Crippen LogP) is 3.09. The number of aryl methyl sites for hydroxylation is 2. The smallest absolute Gasteiger partial charge is 0.277 e. The molecule has 0 radical (unpaired) electrons. The van der Waals surface area contributed by atoms with Gasteiger partial charge in [-0.15, -0.1) is 0 Å². The molecule has 0 aliphatic carbocycles. The van der Waals surface area contributed by atoms with Crippen molar-refractivity contribution in [3.05, 3.63) is 64.4 Å². The first-order valence-corrected chi connectivity index (χ1v) is 8.15. The van der Waals surface area contributed by atoms with Gasteiger partial charge in [0.1, 0.15) is 11.5 Å². The van der Waals surface area contributed by atoms with Crippen molar-refractivity contribution in [3.8, 4) is 17.2 Å². The summed E-state index contributed by atoms with van der Waals surface area (Å²) in [4.78, 5) is 28.5. The number of benzene rings is 1. The molecule has 0 bridgehead atoms. The Labute approximate surface area is 150 Å². The highest BCUT2D eigenvalue weighted by atomic mass is 16.5. The number of nitrogens with zero attached hydrogens (tertiary/aromatic N) is 2. The van der Waals surface area contributed by atoms with Crippen LogP contribution in [0, 0.1) is 6.92 Å². The van der Waals surface area contributed by atoms with E-state index in [-0.39, 0.29) is 11.3 Å². The molecule has 0 saturated heterocycles. The fourth-order valence-electron chi connectivity index (χ4n) is 2.51. The van der Waals surface area contributed by atoms with E-state index in [1.165, 1.54) is 10.6 Å². The van der Waals surface area contributed by atoms with E-state index >= 15 is 0 Å². The number of anilines is 1. The number of ether oxygens (including phenoxy) is 1. The third-order valence-corrected chi connectivity index (χ3v) is 3.93. The molecule has 1 N–H and O–H groups in total. The van der Waals surface area contributed by atoms with Gasteiger partial charge in [0.25, 0.3) is 11.5 Å². The molecule has 134 valence electrons. The van der Waals surface area contributed by atoms with E-state index in [0.717, 1.165) is 11.3 Å². The summed E-state index contributed by atoms with van der Waals surface area (Å²) in [5, 5.41) is 2.74. The summed E-state index contributed by atoms with van der Waals surface area (Å²) in [5.74, 6) is 1.10. The topological polar surface area (TPSA) is 86.4 Å². The zero-order valence-corrected chi connectivity index (χ0v) is 14.8. The Morgan fingerprint density at radius 2 is 1.96 bits per heavy atom. The van der Waals surface area contributed by atoms with Gasteiger partial charge in [0.2, 0.25) is 5.89 Å². The Balaban J connectivity index is 1.84. The van der Waals surface area contributed by atoms with Crippen molar-refractivity contribution in [1.82, 2.24) is 9.55 Å². The maximum absolute atomic E-state index is 12.5.